The maximum Gasteiger partial charge on any atom is 0.408 e. The first-order valence-electron chi connectivity index (χ1n) is 20.5. The smallest absolute Gasteiger partial charge is 0.408 e. The van der Waals surface area contributed by atoms with Gasteiger partial charge in [-0.15, -0.1) is 0 Å². The molecule has 0 unspecified atom stereocenters. The number of anilines is 2. The van der Waals surface area contributed by atoms with Gasteiger partial charge in [0.05, 0.1) is 0 Å². The fraction of sp³-hybridized carbons (Fsp3) is 0.340. The van der Waals surface area contributed by atoms with E-state index in [4.69, 9.17) is 4.74 Å². The summed E-state index contributed by atoms with van der Waals surface area (Å²) in [5.74, 6) is -0.985. The van der Waals surface area contributed by atoms with E-state index >= 15 is 0 Å². The van der Waals surface area contributed by atoms with Crippen molar-refractivity contribution < 1.29 is 28.7 Å². The van der Waals surface area contributed by atoms with Crippen molar-refractivity contribution in [2.45, 2.75) is 76.2 Å². The molecule has 4 N–H and O–H groups in total. The van der Waals surface area contributed by atoms with Gasteiger partial charge < -0.3 is 35.5 Å². The van der Waals surface area contributed by atoms with Gasteiger partial charge in [0, 0.05) is 41.1 Å². The van der Waals surface area contributed by atoms with Crippen molar-refractivity contribution in [1.82, 2.24) is 25.0 Å². The zero-order valence-corrected chi connectivity index (χ0v) is 34.7. The number of aromatic nitrogens is 1. The van der Waals surface area contributed by atoms with E-state index in [9.17, 15) is 24.0 Å². The number of rotatable bonds is 11. The molecule has 0 spiro atoms. The molecule has 60 heavy (non-hydrogen) atoms. The normalized spacial score (nSPS) is 17.6. The predicted octanol–water partition coefficient (Wildman–Crippen LogP) is 7.26. The van der Waals surface area contributed by atoms with Gasteiger partial charge in [-0.2, -0.15) is 0 Å². The van der Waals surface area contributed by atoms with E-state index in [1.807, 2.05) is 104 Å². The van der Waals surface area contributed by atoms with E-state index < -0.39 is 35.9 Å². The second-order valence-electron chi connectivity index (χ2n) is 16.7. The fourth-order valence-electron chi connectivity index (χ4n) is 8.13. The lowest BCUT2D eigenvalue weighted by Crippen LogP contribution is -2.49. The van der Waals surface area contributed by atoms with E-state index in [0.29, 0.717) is 49.3 Å². The number of hydrogen-bond acceptors (Lipinski definition) is 7. The number of fused-ring (bicyclic) bond motifs is 1. The topological polar surface area (TPSA) is 156 Å². The number of ether oxygens (including phenoxy) is 1. The second-order valence-corrected chi connectivity index (χ2v) is 16.7. The Hall–Kier alpha value is -6.47. The molecule has 2 saturated heterocycles. The molecule has 1 aromatic heterocycles. The standard InChI is InChI=1S/C47H53N7O6/c1-47(2,3)60-46(59)51-40(31-14-8-6-9-15-31)44(57)53-26-12-18-38(53)42(55)48-34-22-20-30(21-23-34)37-29-33-28-35(24-25-36(33)50-37)49-43(56)39-19-13-27-54(39)45(58)41(52(4)5)32-16-10-7-11-17-32/h6-11,14-17,20-25,28-29,38-41,50H,12-13,18-19,26-27H2,1-5H3,(H,48,55)(H,49,56)(H,51,59)/t38-,39-,40+,41+/m0/s1. The third-order valence-corrected chi connectivity index (χ3v) is 10.9. The number of carbonyl (C=O) groups excluding carboxylic acids is 5. The van der Waals surface area contributed by atoms with Crippen molar-refractivity contribution in [1.29, 1.82) is 0 Å². The van der Waals surface area contributed by atoms with E-state index in [1.165, 1.54) is 4.90 Å². The van der Waals surface area contributed by atoms with Crippen molar-refractivity contribution in [3.8, 4) is 11.3 Å². The Morgan fingerprint density at radius 1 is 0.700 bits per heavy atom. The third-order valence-electron chi connectivity index (χ3n) is 10.9. The summed E-state index contributed by atoms with van der Waals surface area (Å²) in [5, 5.41) is 9.67. The molecule has 0 radical (unpaired) electrons. The van der Waals surface area contributed by atoms with Gasteiger partial charge in [-0.05, 0) is 114 Å². The molecule has 2 aliphatic rings. The van der Waals surface area contributed by atoms with Crippen LogP contribution < -0.4 is 16.0 Å². The highest BCUT2D eigenvalue weighted by Crippen LogP contribution is 2.31. The highest BCUT2D eigenvalue weighted by atomic mass is 16.6. The van der Waals surface area contributed by atoms with Crippen LogP contribution in [0.15, 0.2) is 109 Å². The van der Waals surface area contributed by atoms with Gasteiger partial charge in [-0.1, -0.05) is 72.8 Å². The Morgan fingerprint density at radius 2 is 1.25 bits per heavy atom. The van der Waals surface area contributed by atoms with E-state index in [1.54, 1.807) is 49.9 Å². The fourth-order valence-corrected chi connectivity index (χ4v) is 8.13. The van der Waals surface area contributed by atoms with Gasteiger partial charge in [0.25, 0.3) is 5.91 Å². The van der Waals surface area contributed by atoms with Crippen LogP contribution in [0.5, 0.6) is 0 Å². The number of H-pyrrole nitrogens is 1. The van der Waals surface area contributed by atoms with Crippen LogP contribution in [0.4, 0.5) is 16.2 Å². The number of likely N-dealkylation sites (tertiary alicyclic amines) is 2. The molecule has 3 heterocycles. The molecule has 7 rings (SSSR count). The van der Waals surface area contributed by atoms with Gasteiger partial charge in [0.1, 0.15) is 29.8 Å². The van der Waals surface area contributed by atoms with Crippen molar-refractivity contribution in [2.24, 2.45) is 0 Å². The molecule has 5 amide bonds. The molecule has 0 bridgehead atoms. The van der Waals surface area contributed by atoms with Crippen molar-refractivity contribution in [2.75, 3.05) is 37.8 Å². The lowest BCUT2D eigenvalue weighted by molar-refractivity contribution is -0.140. The maximum atomic E-state index is 14.0. The van der Waals surface area contributed by atoms with Crippen LogP contribution in [-0.2, 0) is 23.9 Å². The molecule has 0 saturated carbocycles. The summed E-state index contributed by atoms with van der Waals surface area (Å²) in [4.78, 5) is 76.5. The van der Waals surface area contributed by atoms with Gasteiger partial charge in [-0.3, -0.25) is 24.1 Å². The number of nitrogens with zero attached hydrogens (tertiary/aromatic N) is 3. The van der Waals surface area contributed by atoms with Crippen LogP contribution in [0.2, 0.25) is 0 Å². The van der Waals surface area contributed by atoms with Crippen LogP contribution >= 0.6 is 0 Å². The second kappa shape index (κ2) is 17.8. The number of carbonyl (C=O) groups is 5. The number of aromatic amines is 1. The first-order valence-corrected chi connectivity index (χ1v) is 20.5. The van der Waals surface area contributed by atoms with Crippen molar-refractivity contribution >= 4 is 52.0 Å². The molecular formula is C47H53N7O6. The number of amides is 5. The molecule has 13 heteroatoms. The Balaban J connectivity index is 0.989. The quantitative estimate of drug-likeness (QED) is 0.109. The zero-order valence-electron chi connectivity index (χ0n) is 34.7. The molecule has 0 aliphatic carbocycles. The number of nitrogens with one attached hydrogen (secondary N) is 4. The van der Waals surface area contributed by atoms with E-state index in [0.717, 1.165) is 34.1 Å². The van der Waals surface area contributed by atoms with Gasteiger partial charge in [0.15, 0.2) is 0 Å². The van der Waals surface area contributed by atoms with Gasteiger partial charge in [-0.25, -0.2) is 4.79 Å². The number of benzene rings is 4. The molecule has 312 valence electrons. The summed E-state index contributed by atoms with van der Waals surface area (Å²) < 4.78 is 5.45. The highest BCUT2D eigenvalue weighted by Gasteiger charge is 2.40. The first kappa shape index (κ1) is 41.7. The minimum atomic E-state index is -1.02. The van der Waals surface area contributed by atoms with Crippen LogP contribution in [0, 0.1) is 0 Å². The minimum Gasteiger partial charge on any atom is -0.444 e. The van der Waals surface area contributed by atoms with Crippen LogP contribution in [-0.4, -0.2) is 94.3 Å². The summed E-state index contributed by atoms with van der Waals surface area (Å²) in [6, 6.07) is 30.9. The molecule has 4 atom stereocenters. The predicted molar refractivity (Wildman–Crippen MR) is 232 cm³/mol. The SMILES string of the molecule is CN(C)[C@@H](C(=O)N1CCC[C@H]1C(=O)Nc1ccc2[nH]c(-c3ccc(NC(=O)[C@@H]4CCCN4C(=O)[C@H](NC(=O)OC(C)(C)C)c4ccccc4)cc3)cc2c1)c1ccccc1. The monoisotopic (exact) mass is 811 g/mol. The maximum absolute atomic E-state index is 14.0. The third kappa shape index (κ3) is 9.52. The summed E-state index contributed by atoms with van der Waals surface area (Å²) in [7, 11) is 3.75. The van der Waals surface area contributed by atoms with Gasteiger partial charge >= 0.3 is 6.09 Å². The van der Waals surface area contributed by atoms with Gasteiger partial charge in [0.2, 0.25) is 17.7 Å². The Labute approximate surface area is 350 Å². The zero-order chi connectivity index (χ0) is 42.6. The van der Waals surface area contributed by atoms with Crippen LogP contribution in [0.1, 0.15) is 69.7 Å². The first-order chi connectivity index (χ1) is 28.8. The minimum absolute atomic E-state index is 0.0857. The van der Waals surface area contributed by atoms with Crippen molar-refractivity contribution in [3.05, 3.63) is 120 Å². The van der Waals surface area contributed by atoms with E-state index in [2.05, 4.69) is 20.9 Å². The molecule has 2 fully saturated rings. The molecule has 13 nitrogen and oxygen atoms in total. The van der Waals surface area contributed by atoms with E-state index in [-0.39, 0.29) is 23.6 Å². The summed E-state index contributed by atoms with van der Waals surface area (Å²) in [6.45, 7) is 6.17. The summed E-state index contributed by atoms with van der Waals surface area (Å²) >= 11 is 0. The molecule has 5 aromatic rings. The Morgan fingerprint density at radius 3 is 1.83 bits per heavy atom. The van der Waals surface area contributed by atoms with Crippen LogP contribution in [0.3, 0.4) is 0 Å². The number of hydrogen-bond donors (Lipinski definition) is 4. The Kier molecular flexibility index (Phi) is 12.4. The lowest BCUT2D eigenvalue weighted by Gasteiger charge is -2.31. The molecular weight excluding hydrogens is 759 g/mol. The lowest BCUT2D eigenvalue weighted by atomic mass is 10.0. The molecule has 2 aliphatic heterocycles. The average molecular weight is 812 g/mol. The van der Waals surface area contributed by atoms with Crippen LogP contribution in [0.25, 0.3) is 22.2 Å². The summed E-state index contributed by atoms with van der Waals surface area (Å²) in [5.41, 5.74) is 4.57. The average Bonchev–Trinajstić information content (AvgIpc) is 4.01. The Bertz CT molecular complexity index is 2340. The summed E-state index contributed by atoms with van der Waals surface area (Å²) in [6.07, 6.45) is 1.77. The molecule has 4 aromatic carbocycles. The number of alkyl carbamates (subject to hydrolysis) is 1. The largest absolute Gasteiger partial charge is 0.444 e. The highest BCUT2D eigenvalue weighted by molar-refractivity contribution is 6.01. The number of likely N-dealkylation sites (N-methyl/N-ethyl adjacent to an activating group) is 1. The van der Waals surface area contributed by atoms with Crippen molar-refractivity contribution in [3.63, 3.8) is 0 Å².